The molecule has 8 heteroatoms. The van der Waals surface area contributed by atoms with Crippen molar-refractivity contribution in [2.75, 3.05) is 37.1 Å². The van der Waals surface area contributed by atoms with E-state index in [0.717, 1.165) is 68.9 Å². The molecule has 0 spiro atoms. The first-order chi connectivity index (χ1) is 15.0. The molecule has 0 fully saturated rings. The Morgan fingerprint density at radius 3 is 2.68 bits per heavy atom. The lowest BCUT2D eigenvalue weighted by Crippen LogP contribution is -2.36. The highest BCUT2D eigenvalue weighted by Crippen LogP contribution is 2.43. The molecule has 6 nitrogen and oxygen atoms in total. The van der Waals surface area contributed by atoms with Gasteiger partial charge >= 0.3 is 0 Å². The number of halogens is 1. The lowest BCUT2D eigenvalue weighted by Gasteiger charge is -2.29. The fourth-order valence-electron chi connectivity index (χ4n) is 3.57. The molecule has 1 aromatic heterocycles. The van der Waals surface area contributed by atoms with Crippen LogP contribution in [0.2, 0.25) is 0 Å². The monoisotopic (exact) mass is 506 g/mol. The van der Waals surface area contributed by atoms with Gasteiger partial charge in [-0.2, -0.15) is 0 Å². The van der Waals surface area contributed by atoms with Crippen LogP contribution in [0.3, 0.4) is 0 Å². The van der Waals surface area contributed by atoms with Gasteiger partial charge in [-0.05, 0) is 53.9 Å². The highest BCUT2D eigenvalue weighted by Gasteiger charge is 2.20. The van der Waals surface area contributed by atoms with Gasteiger partial charge in [0.15, 0.2) is 11.5 Å². The lowest BCUT2D eigenvalue weighted by molar-refractivity contribution is 0.174. The van der Waals surface area contributed by atoms with Gasteiger partial charge in [-0.25, -0.2) is 4.98 Å². The molecule has 1 aliphatic rings. The van der Waals surface area contributed by atoms with Crippen molar-refractivity contribution in [1.29, 1.82) is 0 Å². The number of aromatic nitrogens is 1. The maximum Gasteiger partial charge on any atom is 0.231 e. The van der Waals surface area contributed by atoms with Crippen LogP contribution in [0, 0.1) is 6.92 Å². The maximum atomic E-state index is 5.56. The van der Waals surface area contributed by atoms with Crippen molar-refractivity contribution in [3.05, 3.63) is 46.0 Å². The van der Waals surface area contributed by atoms with Crippen molar-refractivity contribution < 1.29 is 9.47 Å². The largest absolute Gasteiger partial charge is 0.454 e. The van der Waals surface area contributed by atoms with Crippen LogP contribution < -0.4 is 25.0 Å². The van der Waals surface area contributed by atoms with E-state index in [9.17, 15) is 0 Å². The average molecular weight is 507 g/mol. The molecule has 3 rings (SSSR count). The summed E-state index contributed by atoms with van der Waals surface area (Å²) in [5.74, 6) is 2.40. The molecular weight excluding hydrogens is 476 g/mol. The molecule has 2 aromatic rings. The lowest BCUT2D eigenvalue weighted by atomic mass is 10.2. The van der Waals surface area contributed by atoms with Crippen LogP contribution in [-0.2, 0) is 0 Å². The fraction of sp³-hybridized carbons (Fsp3) is 0.435. The Hall–Kier alpha value is -1.90. The molecule has 168 valence electrons. The Balaban J connectivity index is 1.84. The number of benzene rings is 1. The first-order valence-electron chi connectivity index (χ1n) is 10.6. The molecule has 0 bridgehead atoms. The smallest absolute Gasteiger partial charge is 0.231 e. The third kappa shape index (κ3) is 5.67. The van der Waals surface area contributed by atoms with Crippen LogP contribution in [0.5, 0.6) is 11.5 Å². The molecule has 0 radical (unpaired) electrons. The van der Waals surface area contributed by atoms with E-state index in [0.29, 0.717) is 6.04 Å². The number of hydrogen-bond acceptors (Lipinski definition) is 7. The Morgan fingerprint density at radius 1 is 1.29 bits per heavy atom. The van der Waals surface area contributed by atoms with E-state index in [4.69, 9.17) is 9.47 Å². The van der Waals surface area contributed by atoms with Crippen LogP contribution >= 0.6 is 27.7 Å². The molecule has 31 heavy (non-hydrogen) atoms. The zero-order valence-electron chi connectivity index (χ0n) is 18.6. The van der Waals surface area contributed by atoms with Crippen molar-refractivity contribution in [3.8, 4) is 11.5 Å². The number of thioether (sulfide) groups is 1. The summed E-state index contributed by atoms with van der Waals surface area (Å²) in [4.78, 5) is 7.74. The zero-order chi connectivity index (χ0) is 22.4. The number of nitrogens with one attached hydrogen (secondary N) is 2. The molecule has 2 N–H and O–H groups in total. The van der Waals surface area contributed by atoms with E-state index in [2.05, 4.69) is 63.8 Å². The molecule has 0 saturated heterocycles. The second kappa shape index (κ2) is 11.1. The second-order valence-corrected chi connectivity index (χ2v) is 9.27. The fourth-order valence-corrected chi connectivity index (χ4v) is 5.01. The minimum absolute atomic E-state index is 0.258. The Labute approximate surface area is 197 Å². The van der Waals surface area contributed by atoms with Gasteiger partial charge in [0, 0.05) is 53.0 Å². The van der Waals surface area contributed by atoms with Crippen molar-refractivity contribution in [3.63, 3.8) is 0 Å². The SMILES string of the molecule is C=C(Sc1cc2c(cc1Br)OCO2)N(CCNC(CC)CC)c1ccnc(NC)c1C. The topological polar surface area (TPSA) is 58.7 Å². The van der Waals surface area contributed by atoms with E-state index in [1.54, 1.807) is 11.8 Å². The molecule has 0 saturated carbocycles. The second-order valence-electron chi connectivity index (χ2n) is 7.30. The predicted molar refractivity (Wildman–Crippen MR) is 134 cm³/mol. The van der Waals surface area contributed by atoms with Gasteiger partial charge in [0.1, 0.15) is 5.82 Å². The van der Waals surface area contributed by atoms with Crippen molar-refractivity contribution in [2.24, 2.45) is 0 Å². The molecular formula is C23H31BrN4O2S. The quantitative estimate of drug-likeness (QED) is 0.375. The van der Waals surface area contributed by atoms with Crippen LogP contribution in [-0.4, -0.2) is 38.0 Å². The number of rotatable bonds is 11. The van der Waals surface area contributed by atoms with E-state index in [1.807, 2.05) is 31.4 Å². The van der Waals surface area contributed by atoms with Gasteiger partial charge in [0.05, 0.1) is 5.03 Å². The summed E-state index contributed by atoms with van der Waals surface area (Å²) < 4.78 is 12.0. The number of nitrogens with zero attached hydrogens (tertiary/aromatic N) is 2. The molecule has 0 amide bonds. The molecule has 1 aromatic carbocycles. The summed E-state index contributed by atoms with van der Waals surface area (Å²) in [6, 6.07) is 6.53. The zero-order valence-corrected chi connectivity index (χ0v) is 21.0. The van der Waals surface area contributed by atoms with Gasteiger partial charge in [0.2, 0.25) is 6.79 Å². The summed E-state index contributed by atoms with van der Waals surface area (Å²) in [5, 5.41) is 7.78. The van der Waals surface area contributed by atoms with Gasteiger partial charge in [0.25, 0.3) is 0 Å². The number of fused-ring (bicyclic) bond motifs is 1. The van der Waals surface area contributed by atoms with Gasteiger partial charge in [-0.3, -0.25) is 0 Å². The van der Waals surface area contributed by atoms with Crippen LogP contribution in [0.1, 0.15) is 32.3 Å². The van der Waals surface area contributed by atoms with Crippen LogP contribution in [0.4, 0.5) is 11.5 Å². The van der Waals surface area contributed by atoms with E-state index in [-0.39, 0.29) is 6.79 Å². The minimum atomic E-state index is 0.258. The Kier molecular flexibility index (Phi) is 8.51. The highest BCUT2D eigenvalue weighted by atomic mass is 79.9. The van der Waals surface area contributed by atoms with Gasteiger partial charge < -0.3 is 25.0 Å². The van der Waals surface area contributed by atoms with E-state index >= 15 is 0 Å². The summed E-state index contributed by atoms with van der Waals surface area (Å²) in [5.41, 5.74) is 2.19. The molecule has 0 unspecified atom stereocenters. The number of hydrogen-bond donors (Lipinski definition) is 2. The number of pyridine rings is 1. The third-order valence-electron chi connectivity index (χ3n) is 5.41. The van der Waals surface area contributed by atoms with Crippen molar-refractivity contribution in [2.45, 2.75) is 44.6 Å². The van der Waals surface area contributed by atoms with Crippen LogP contribution in [0.25, 0.3) is 0 Å². The Morgan fingerprint density at radius 2 is 2.00 bits per heavy atom. The van der Waals surface area contributed by atoms with E-state index < -0.39 is 0 Å². The van der Waals surface area contributed by atoms with Gasteiger partial charge in [-0.1, -0.05) is 32.2 Å². The molecule has 2 heterocycles. The van der Waals surface area contributed by atoms with Gasteiger partial charge in [-0.15, -0.1) is 0 Å². The average Bonchev–Trinajstić information content (AvgIpc) is 3.22. The first kappa shape index (κ1) is 23.8. The first-order valence-corrected chi connectivity index (χ1v) is 12.2. The standard InChI is InChI=1S/C23H31BrN4O2S/c1-6-17(7-2)26-10-11-28(19-8-9-27-23(25-5)15(19)3)16(4)31-22-13-21-20(12-18(22)24)29-14-30-21/h8-9,12-13,17,26H,4,6-7,10-11,14H2,1-3,5H3,(H,25,27). The minimum Gasteiger partial charge on any atom is -0.454 e. The molecule has 0 atom stereocenters. The number of ether oxygens (including phenoxy) is 2. The third-order valence-corrected chi connectivity index (χ3v) is 7.35. The summed E-state index contributed by atoms with van der Waals surface area (Å²) >= 11 is 5.28. The Bertz CT molecular complexity index is 921. The summed E-state index contributed by atoms with van der Waals surface area (Å²) in [7, 11) is 1.89. The predicted octanol–water partition coefficient (Wildman–Crippen LogP) is 5.77. The van der Waals surface area contributed by atoms with Crippen molar-refractivity contribution >= 4 is 39.2 Å². The molecule has 0 aliphatic carbocycles. The van der Waals surface area contributed by atoms with Crippen molar-refractivity contribution in [1.82, 2.24) is 10.3 Å². The molecule has 1 aliphatic heterocycles. The number of anilines is 2. The van der Waals surface area contributed by atoms with E-state index in [1.165, 1.54) is 0 Å². The summed E-state index contributed by atoms with van der Waals surface area (Å²) in [6.45, 7) is 12.9. The highest BCUT2D eigenvalue weighted by molar-refractivity contribution is 9.10. The summed E-state index contributed by atoms with van der Waals surface area (Å²) in [6.07, 6.45) is 4.08. The maximum absolute atomic E-state index is 5.56. The van der Waals surface area contributed by atoms with Crippen LogP contribution in [0.15, 0.2) is 45.4 Å². The normalized spacial score (nSPS) is 12.3.